The molecular weight excluding hydrogens is 218 g/mol. The number of carboxylic acid groups (broad SMARTS) is 1. The van der Waals surface area contributed by atoms with Gasteiger partial charge < -0.3 is 14.7 Å². The topological polar surface area (TPSA) is 49.8 Å². The van der Waals surface area contributed by atoms with Gasteiger partial charge in [-0.05, 0) is 44.7 Å². The van der Waals surface area contributed by atoms with Gasteiger partial charge in [0.05, 0.1) is 19.1 Å². The third kappa shape index (κ3) is 1.78. The largest absolute Gasteiger partial charge is 0.481 e. The van der Waals surface area contributed by atoms with Crippen LogP contribution in [0, 0.1) is 23.2 Å². The van der Waals surface area contributed by atoms with Crippen molar-refractivity contribution in [2.24, 2.45) is 23.2 Å². The van der Waals surface area contributed by atoms with Crippen LogP contribution in [0.4, 0.5) is 0 Å². The molecule has 3 atom stereocenters. The predicted octanol–water partition coefficient (Wildman–Crippen LogP) is 1.07. The first kappa shape index (κ1) is 11.5. The number of aliphatic carboxylic acids is 1. The zero-order valence-electron chi connectivity index (χ0n) is 10.4. The van der Waals surface area contributed by atoms with Crippen LogP contribution >= 0.6 is 0 Å². The Bertz CT molecular complexity index is 327. The van der Waals surface area contributed by atoms with E-state index in [1.54, 1.807) is 0 Å². The summed E-state index contributed by atoms with van der Waals surface area (Å²) in [6, 6.07) is 0. The number of carboxylic acids is 1. The first-order valence-corrected chi connectivity index (χ1v) is 6.62. The molecule has 0 aromatic rings. The predicted molar refractivity (Wildman–Crippen MR) is 62.7 cm³/mol. The van der Waals surface area contributed by atoms with Crippen molar-refractivity contribution in [2.45, 2.75) is 19.3 Å². The van der Waals surface area contributed by atoms with Crippen LogP contribution in [0.1, 0.15) is 19.3 Å². The highest BCUT2D eigenvalue weighted by Gasteiger charge is 2.62. The summed E-state index contributed by atoms with van der Waals surface area (Å²) in [6.45, 7) is 3.88. The van der Waals surface area contributed by atoms with Crippen molar-refractivity contribution in [3.8, 4) is 0 Å². The van der Waals surface area contributed by atoms with Gasteiger partial charge in [-0.25, -0.2) is 0 Å². The number of carbonyl (C=O) groups is 1. The average molecular weight is 239 g/mol. The summed E-state index contributed by atoms with van der Waals surface area (Å²) >= 11 is 0. The zero-order valence-corrected chi connectivity index (χ0v) is 10.4. The molecule has 0 amide bonds. The van der Waals surface area contributed by atoms with E-state index in [9.17, 15) is 4.79 Å². The molecule has 0 bridgehead atoms. The average Bonchev–Trinajstić information content (AvgIpc) is 2.96. The lowest BCUT2D eigenvalue weighted by Crippen LogP contribution is -2.55. The zero-order chi connectivity index (χ0) is 12.0. The number of hydrogen-bond donors (Lipinski definition) is 1. The van der Waals surface area contributed by atoms with E-state index in [-0.39, 0.29) is 11.3 Å². The van der Waals surface area contributed by atoms with Crippen molar-refractivity contribution in [1.29, 1.82) is 0 Å². The summed E-state index contributed by atoms with van der Waals surface area (Å²) in [5.74, 6) is 0.325. The first-order valence-electron chi connectivity index (χ1n) is 6.62. The van der Waals surface area contributed by atoms with Gasteiger partial charge in [-0.3, -0.25) is 4.79 Å². The molecule has 2 heterocycles. The Morgan fingerprint density at radius 3 is 2.71 bits per heavy atom. The SMILES string of the molecule is CN1CCCC(C2(C3CC3C(=O)O)COC2)C1. The van der Waals surface area contributed by atoms with Crippen molar-refractivity contribution in [2.75, 3.05) is 33.4 Å². The van der Waals surface area contributed by atoms with Crippen molar-refractivity contribution >= 4 is 5.97 Å². The van der Waals surface area contributed by atoms with Gasteiger partial charge in [0.15, 0.2) is 0 Å². The van der Waals surface area contributed by atoms with Gasteiger partial charge in [-0.2, -0.15) is 0 Å². The number of likely N-dealkylation sites (tertiary alicyclic amines) is 1. The highest BCUT2D eigenvalue weighted by Crippen LogP contribution is 2.59. The highest BCUT2D eigenvalue weighted by molar-refractivity contribution is 5.73. The molecule has 0 radical (unpaired) electrons. The molecule has 1 saturated carbocycles. The van der Waals surface area contributed by atoms with E-state index in [1.807, 2.05) is 0 Å². The Balaban J connectivity index is 1.72. The second-order valence-corrected chi connectivity index (χ2v) is 6.11. The Hall–Kier alpha value is -0.610. The summed E-state index contributed by atoms with van der Waals surface area (Å²) in [7, 11) is 2.17. The second kappa shape index (κ2) is 3.95. The fraction of sp³-hybridized carbons (Fsp3) is 0.923. The molecule has 0 aromatic carbocycles. The number of nitrogens with zero attached hydrogens (tertiary/aromatic N) is 1. The molecule has 4 heteroatoms. The van der Waals surface area contributed by atoms with Gasteiger partial charge >= 0.3 is 5.97 Å². The highest BCUT2D eigenvalue weighted by atomic mass is 16.5. The first-order chi connectivity index (χ1) is 8.13. The third-order valence-electron chi connectivity index (χ3n) is 5.03. The van der Waals surface area contributed by atoms with Crippen molar-refractivity contribution in [3.05, 3.63) is 0 Å². The van der Waals surface area contributed by atoms with Crippen LogP contribution in [0.25, 0.3) is 0 Å². The van der Waals surface area contributed by atoms with Crippen LogP contribution in [0.2, 0.25) is 0 Å². The van der Waals surface area contributed by atoms with Crippen molar-refractivity contribution in [1.82, 2.24) is 4.90 Å². The summed E-state index contributed by atoms with van der Waals surface area (Å²) in [4.78, 5) is 13.4. The Kier molecular flexibility index (Phi) is 2.67. The Morgan fingerprint density at radius 1 is 1.47 bits per heavy atom. The molecule has 3 fully saturated rings. The van der Waals surface area contributed by atoms with E-state index in [0.29, 0.717) is 11.8 Å². The van der Waals surface area contributed by atoms with Crippen molar-refractivity contribution in [3.63, 3.8) is 0 Å². The molecule has 2 saturated heterocycles. The van der Waals surface area contributed by atoms with Crippen LogP contribution in [0.3, 0.4) is 0 Å². The number of ether oxygens (including phenoxy) is 1. The Labute approximate surface area is 102 Å². The lowest BCUT2D eigenvalue weighted by molar-refractivity contribution is -0.174. The van der Waals surface area contributed by atoms with Gasteiger partial charge in [0, 0.05) is 12.0 Å². The van der Waals surface area contributed by atoms with Crippen LogP contribution in [-0.2, 0) is 9.53 Å². The smallest absolute Gasteiger partial charge is 0.306 e. The minimum Gasteiger partial charge on any atom is -0.481 e. The van der Waals surface area contributed by atoms with Gasteiger partial charge in [0.25, 0.3) is 0 Å². The van der Waals surface area contributed by atoms with E-state index in [0.717, 1.165) is 26.2 Å². The summed E-state index contributed by atoms with van der Waals surface area (Å²) in [6.07, 6.45) is 3.36. The number of hydrogen-bond acceptors (Lipinski definition) is 3. The Morgan fingerprint density at radius 2 is 2.24 bits per heavy atom. The quantitative estimate of drug-likeness (QED) is 0.800. The van der Waals surface area contributed by atoms with Crippen LogP contribution < -0.4 is 0 Å². The van der Waals surface area contributed by atoms with Gasteiger partial charge in [0.2, 0.25) is 0 Å². The summed E-state index contributed by atoms with van der Waals surface area (Å²) in [5, 5.41) is 9.11. The summed E-state index contributed by atoms with van der Waals surface area (Å²) in [5.41, 5.74) is 0.192. The lowest BCUT2D eigenvalue weighted by atomic mass is 9.66. The molecular formula is C13H21NO3. The number of rotatable bonds is 3. The second-order valence-electron chi connectivity index (χ2n) is 6.11. The van der Waals surface area contributed by atoms with E-state index in [1.165, 1.54) is 19.4 Å². The van der Waals surface area contributed by atoms with E-state index < -0.39 is 5.97 Å². The molecule has 3 rings (SSSR count). The maximum atomic E-state index is 11.1. The molecule has 3 aliphatic rings. The van der Waals surface area contributed by atoms with E-state index in [4.69, 9.17) is 9.84 Å². The normalized spacial score (nSPS) is 40.6. The lowest BCUT2D eigenvalue weighted by Gasteiger charge is -2.50. The molecule has 1 N–H and O–H groups in total. The molecule has 4 nitrogen and oxygen atoms in total. The molecule has 96 valence electrons. The maximum Gasteiger partial charge on any atom is 0.306 e. The minimum atomic E-state index is -0.606. The van der Waals surface area contributed by atoms with Crippen LogP contribution in [0.15, 0.2) is 0 Å². The molecule has 0 aromatic heterocycles. The monoisotopic (exact) mass is 239 g/mol. The van der Waals surface area contributed by atoms with E-state index >= 15 is 0 Å². The molecule has 17 heavy (non-hydrogen) atoms. The fourth-order valence-electron chi connectivity index (χ4n) is 3.83. The van der Waals surface area contributed by atoms with Gasteiger partial charge in [0.1, 0.15) is 0 Å². The summed E-state index contributed by atoms with van der Waals surface area (Å²) < 4.78 is 5.44. The molecule has 2 aliphatic heterocycles. The number of piperidine rings is 1. The maximum absolute atomic E-state index is 11.1. The third-order valence-corrected chi connectivity index (χ3v) is 5.03. The molecule has 1 aliphatic carbocycles. The van der Waals surface area contributed by atoms with Gasteiger partial charge in [-0.15, -0.1) is 0 Å². The standard InChI is InChI=1S/C13H21NO3/c1-14-4-2-3-9(6-14)13(7-17-8-13)11-5-10(11)12(15)16/h9-11H,2-8H2,1H3,(H,15,16). The van der Waals surface area contributed by atoms with Crippen LogP contribution in [0.5, 0.6) is 0 Å². The fourth-order valence-corrected chi connectivity index (χ4v) is 3.83. The molecule has 3 unspecified atom stereocenters. The van der Waals surface area contributed by atoms with Crippen LogP contribution in [-0.4, -0.2) is 49.3 Å². The minimum absolute atomic E-state index is 0.0915. The van der Waals surface area contributed by atoms with Crippen molar-refractivity contribution < 1.29 is 14.6 Å². The molecule has 0 spiro atoms. The van der Waals surface area contributed by atoms with E-state index in [2.05, 4.69) is 11.9 Å². The van der Waals surface area contributed by atoms with Gasteiger partial charge in [-0.1, -0.05) is 0 Å².